The highest BCUT2D eigenvalue weighted by molar-refractivity contribution is 7.80. The first kappa shape index (κ1) is 23.4. The molecular weight excluding hydrogens is 388 g/mol. The van der Waals surface area contributed by atoms with Crippen molar-refractivity contribution in [1.29, 1.82) is 0 Å². The molecule has 28 heavy (non-hydrogen) atoms. The molecule has 0 fully saturated rings. The van der Waals surface area contributed by atoms with E-state index in [4.69, 9.17) is 15.9 Å². The number of thiol groups is 1. The number of nitrogens with one attached hydrogen (secondary N) is 3. The first-order valence-electron chi connectivity index (χ1n) is 8.40. The third kappa shape index (κ3) is 7.94. The van der Waals surface area contributed by atoms with Crippen LogP contribution in [0.4, 0.5) is 0 Å². The zero-order valence-corrected chi connectivity index (χ0v) is 15.9. The number of benzene rings is 1. The zero-order chi connectivity index (χ0) is 21.1. The average Bonchev–Trinajstić information content (AvgIpc) is 2.69. The predicted octanol–water partition coefficient (Wildman–Crippen LogP) is -2.35. The van der Waals surface area contributed by atoms with Crippen molar-refractivity contribution in [2.45, 2.75) is 24.5 Å². The maximum Gasteiger partial charge on any atom is 0.328 e. The lowest BCUT2D eigenvalue weighted by atomic mass is 10.0. The summed E-state index contributed by atoms with van der Waals surface area (Å²) in [6.45, 7) is -1.31. The van der Waals surface area contributed by atoms with Crippen LogP contribution in [-0.4, -0.2) is 70.9 Å². The second-order valence-electron chi connectivity index (χ2n) is 5.90. The molecule has 3 amide bonds. The number of aliphatic hydroxyl groups is 1. The van der Waals surface area contributed by atoms with Crippen LogP contribution < -0.4 is 21.7 Å². The van der Waals surface area contributed by atoms with Crippen molar-refractivity contribution in [3.63, 3.8) is 0 Å². The Labute approximate surface area is 167 Å². The van der Waals surface area contributed by atoms with Crippen molar-refractivity contribution >= 4 is 36.3 Å². The fourth-order valence-corrected chi connectivity index (χ4v) is 2.31. The van der Waals surface area contributed by atoms with Gasteiger partial charge in [-0.2, -0.15) is 12.6 Å². The SMILES string of the molecule is NC(CS)C(=O)NC(Cc1ccccc1)C(=O)NCC(=O)NC(CO)C(=O)O. The number of hydrogen-bond acceptors (Lipinski definition) is 7. The van der Waals surface area contributed by atoms with E-state index in [-0.39, 0.29) is 12.2 Å². The molecule has 0 aliphatic carbocycles. The smallest absolute Gasteiger partial charge is 0.328 e. The first-order chi connectivity index (χ1) is 13.3. The van der Waals surface area contributed by atoms with Gasteiger partial charge < -0.3 is 31.9 Å². The fraction of sp³-hybridized carbons (Fsp3) is 0.412. The Morgan fingerprint density at radius 1 is 1.04 bits per heavy atom. The first-order valence-corrected chi connectivity index (χ1v) is 9.03. The van der Waals surface area contributed by atoms with Gasteiger partial charge in [-0.05, 0) is 5.56 Å². The minimum atomic E-state index is -1.47. The monoisotopic (exact) mass is 412 g/mol. The Balaban J connectivity index is 2.73. The summed E-state index contributed by atoms with van der Waals surface area (Å²) in [5.74, 6) is -3.33. The number of carbonyl (C=O) groups excluding carboxylic acids is 3. The van der Waals surface area contributed by atoms with Gasteiger partial charge in [0, 0.05) is 12.2 Å². The number of aliphatic carboxylic acids is 1. The molecule has 0 saturated heterocycles. The molecule has 0 heterocycles. The van der Waals surface area contributed by atoms with E-state index in [0.29, 0.717) is 0 Å². The van der Waals surface area contributed by atoms with E-state index in [0.717, 1.165) is 5.56 Å². The van der Waals surface area contributed by atoms with Gasteiger partial charge in [0.25, 0.3) is 0 Å². The van der Waals surface area contributed by atoms with Crippen molar-refractivity contribution in [2.24, 2.45) is 5.73 Å². The van der Waals surface area contributed by atoms with E-state index in [9.17, 15) is 19.2 Å². The predicted molar refractivity (Wildman–Crippen MR) is 104 cm³/mol. The number of aliphatic hydroxyl groups excluding tert-OH is 1. The van der Waals surface area contributed by atoms with E-state index in [1.807, 2.05) is 0 Å². The number of carbonyl (C=O) groups is 4. The summed E-state index contributed by atoms with van der Waals surface area (Å²) in [6.07, 6.45) is 0.160. The van der Waals surface area contributed by atoms with Crippen LogP contribution in [0.25, 0.3) is 0 Å². The Bertz CT molecular complexity index is 687. The van der Waals surface area contributed by atoms with Crippen molar-refractivity contribution < 1.29 is 29.4 Å². The van der Waals surface area contributed by atoms with Crippen LogP contribution in [-0.2, 0) is 25.6 Å². The fourth-order valence-electron chi connectivity index (χ4n) is 2.14. The molecule has 7 N–H and O–H groups in total. The molecule has 0 aliphatic heterocycles. The number of amides is 3. The minimum Gasteiger partial charge on any atom is -0.480 e. The van der Waals surface area contributed by atoms with Crippen LogP contribution in [0, 0.1) is 0 Å². The summed E-state index contributed by atoms with van der Waals surface area (Å²) in [4.78, 5) is 47.1. The van der Waals surface area contributed by atoms with Gasteiger partial charge in [0.05, 0.1) is 19.2 Å². The normalized spacial score (nSPS) is 13.7. The van der Waals surface area contributed by atoms with Crippen molar-refractivity contribution in [3.05, 3.63) is 35.9 Å². The molecule has 11 heteroatoms. The molecule has 1 rings (SSSR count). The van der Waals surface area contributed by atoms with Crippen molar-refractivity contribution in [2.75, 3.05) is 18.9 Å². The maximum atomic E-state index is 12.5. The van der Waals surface area contributed by atoms with E-state index in [1.54, 1.807) is 30.3 Å². The summed E-state index contributed by atoms with van der Waals surface area (Å²) in [7, 11) is 0. The van der Waals surface area contributed by atoms with E-state index in [2.05, 4.69) is 28.6 Å². The van der Waals surface area contributed by atoms with Crippen LogP contribution in [0.2, 0.25) is 0 Å². The van der Waals surface area contributed by atoms with E-state index >= 15 is 0 Å². The number of hydrogen-bond donors (Lipinski definition) is 7. The van der Waals surface area contributed by atoms with E-state index in [1.165, 1.54) is 0 Å². The molecule has 1 aromatic rings. The van der Waals surface area contributed by atoms with Crippen molar-refractivity contribution in [1.82, 2.24) is 16.0 Å². The van der Waals surface area contributed by atoms with Gasteiger partial charge in [-0.15, -0.1) is 0 Å². The van der Waals surface area contributed by atoms with Gasteiger partial charge in [-0.25, -0.2) is 4.79 Å². The lowest BCUT2D eigenvalue weighted by Crippen LogP contribution is -2.54. The summed E-state index contributed by atoms with van der Waals surface area (Å²) in [5.41, 5.74) is 6.39. The lowest BCUT2D eigenvalue weighted by molar-refractivity contribution is -0.142. The van der Waals surface area contributed by atoms with Crippen LogP contribution >= 0.6 is 12.6 Å². The lowest BCUT2D eigenvalue weighted by Gasteiger charge is -2.20. The molecule has 0 bridgehead atoms. The quantitative estimate of drug-likeness (QED) is 0.199. The van der Waals surface area contributed by atoms with Crippen LogP contribution in [0.1, 0.15) is 5.56 Å². The number of carboxylic acid groups (broad SMARTS) is 1. The van der Waals surface area contributed by atoms with E-state index < -0.39 is 55.0 Å². The average molecular weight is 412 g/mol. The Kier molecular flexibility index (Phi) is 9.99. The molecule has 0 spiro atoms. The molecule has 3 unspecified atom stereocenters. The standard InChI is InChI=1S/C17H24N4O6S/c18-11(9-28)15(24)21-12(6-10-4-2-1-3-5-10)16(25)19-7-14(23)20-13(8-22)17(26)27/h1-5,11-13,22,28H,6-9,18H2,(H,19,25)(H,20,23)(H,21,24)(H,26,27). The van der Waals surface area contributed by atoms with Crippen molar-refractivity contribution in [3.8, 4) is 0 Å². The molecule has 0 radical (unpaired) electrons. The van der Waals surface area contributed by atoms with Gasteiger partial charge in [0.2, 0.25) is 17.7 Å². The number of nitrogens with two attached hydrogens (primary N) is 1. The summed E-state index contributed by atoms with van der Waals surface area (Å²) >= 11 is 3.95. The highest BCUT2D eigenvalue weighted by atomic mass is 32.1. The second-order valence-corrected chi connectivity index (χ2v) is 6.26. The van der Waals surface area contributed by atoms with Crippen LogP contribution in [0.15, 0.2) is 30.3 Å². The van der Waals surface area contributed by atoms with Gasteiger partial charge >= 0.3 is 5.97 Å². The Morgan fingerprint density at radius 3 is 2.21 bits per heavy atom. The molecule has 1 aromatic carbocycles. The largest absolute Gasteiger partial charge is 0.480 e. The number of rotatable bonds is 11. The highest BCUT2D eigenvalue weighted by Crippen LogP contribution is 2.04. The molecule has 0 aromatic heterocycles. The maximum absolute atomic E-state index is 12.5. The summed E-state index contributed by atoms with van der Waals surface area (Å²) < 4.78 is 0. The second kappa shape index (κ2) is 12.0. The van der Waals surface area contributed by atoms with Gasteiger partial charge in [-0.3, -0.25) is 14.4 Å². The molecular formula is C17H24N4O6S. The molecule has 10 nitrogen and oxygen atoms in total. The molecule has 3 atom stereocenters. The molecule has 0 saturated carbocycles. The molecule has 0 aliphatic rings. The summed E-state index contributed by atoms with van der Waals surface area (Å²) in [6, 6.07) is 5.53. The Morgan fingerprint density at radius 2 is 1.68 bits per heavy atom. The van der Waals surface area contributed by atoms with Crippen LogP contribution in [0.3, 0.4) is 0 Å². The third-order valence-electron chi connectivity index (χ3n) is 3.69. The Hall–Kier alpha value is -2.63. The minimum absolute atomic E-state index is 0.0889. The van der Waals surface area contributed by atoms with Crippen LogP contribution in [0.5, 0.6) is 0 Å². The molecule has 154 valence electrons. The van der Waals surface area contributed by atoms with Gasteiger partial charge in [-0.1, -0.05) is 30.3 Å². The zero-order valence-electron chi connectivity index (χ0n) is 15.0. The third-order valence-corrected chi connectivity index (χ3v) is 4.08. The van der Waals surface area contributed by atoms with Gasteiger partial charge in [0.1, 0.15) is 12.1 Å². The highest BCUT2D eigenvalue weighted by Gasteiger charge is 2.25. The number of carboxylic acids is 1. The summed E-state index contributed by atoms with van der Waals surface area (Å²) in [5, 5.41) is 24.6. The van der Waals surface area contributed by atoms with Gasteiger partial charge in [0.15, 0.2) is 0 Å². The topological polar surface area (TPSA) is 171 Å².